The molecule has 0 aliphatic heterocycles. The predicted octanol–water partition coefficient (Wildman–Crippen LogP) is 4.50. The highest BCUT2D eigenvalue weighted by molar-refractivity contribution is 8.78. The SMILES string of the molecule is CCC#CCNC(=O)OCCCCOCSSC1=CCC(CC(=O)NCCOCCOCCOCCNC(C)C)CC1. The highest BCUT2D eigenvalue weighted by Gasteiger charge is 2.18. The molecule has 12 heteroatoms. The quantitative estimate of drug-likeness (QED) is 0.0576. The van der Waals surface area contributed by atoms with E-state index in [4.69, 9.17) is 23.7 Å². The van der Waals surface area contributed by atoms with E-state index in [1.807, 2.05) is 6.92 Å². The molecule has 0 saturated carbocycles. The van der Waals surface area contributed by atoms with Crippen molar-refractivity contribution in [3.63, 3.8) is 0 Å². The van der Waals surface area contributed by atoms with E-state index in [1.54, 1.807) is 21.6 Å². The van der Waals surface area contributed by atoms with Gasteiger partial charge in [0.25, 0.3) is 0 Å². The fraction of sp³-hybridized carbons (Fsp3) is 0.800. The van der Waals surface area contributed by atoms with Crippen molar-refractivity contribution in [3.8, 4) is 11.8 Å². The maximum atomic E-state index is 12.3. The largest absolute Gasteiger partial charge is 0.450 e. The Morgan fingerprint density at radius 3 is 2.33 bits per heavy atom. The van der Waals surface area contributed by atoms with Crippen molar-refractivity contribution in [1.29, 1.82) is 0 Å². The van der Waals surface area contributed by atoms with Crippen LogP contribution in [0, 0.1) is 17.8 Å². The van der Waals surface area contributed by atoms with Crippen LogP contribution in [0.15, 0.2) is 11.0 Å². The molecule has 0 bridgehead atoms. The van der Waals surface area contributed by atoms with Gasteiger partial charge in [0, 0.05) is 38.6 Å². The molecule has 1 aliphatic carbocycles. The summed E-state index contributed by atoms with van der Waals surface area (Å²) >= 11 is 0. The summed E-state index contributed by atoms with van der Waals surface area (Å²) in [5.74, 6) is 6.81. The lowest BCUT2D eigenvalue weighted by molar-refractivity contribution is -0.122. The Morgan fingerprint density at radius 2 is 1.64 bits per heavy atom. The standard InChI is InChI=1S/C30H53N3O7S2/c1-4-5-6-13-33-30(35)40-17-8-7-16-39-25-41-42-28-11-9-27(10-12-28)24-29(34)32-15-19-37-21-23-38-22-20-36-18-14-31-26(2)3/h11,26-27,31H,4,7-10,12-25H2,1-3H3,(H,32,34)(H,33,35). The maximum Gasteiger partial charge on any atom is 0.407 e. The number of ether oxygens (including phenoxy) is 5. The minimum absolute atomic E-state index is 0.0866. The van der Waals surface area contributed by atoms with E-state index in [-0.39, 0.29) is 5.91 Å². The van der Waals surface area contributed by atoms with Crippen LogP contribution in [-0.2, 0) is 28.5 Å². The number of carbonyl (C=O) groups excluding carboxylic acids is 2. The molecule has 10 nitrogen and oxygen atoms in total. The summed E-state index contributed by atoms with van der Waals surface area (Å²) < 4.78 is 27.2. The summed E-state index contributed by atoms with van der Waals surface area (Å²) in [7, 11) is 3.45. The van der Waals surface area contributed by atoms with Crippen molar-refractivity contribution in [1.82, 2.24) is 16.0 Å². The van der Waals surface area contributed by atoms with Crippen LogP contribution in [0.2, 0.25) is 0 Å². The number of unbranched alkanes of at least 4 members (excludes halogenated alkanes) is 1. The normalized spacial score (nSPS) is 14.7. The molecule has 0 aromatic carbocycles. The molecular formula is C30H53N3O7S2. The van der Waals surface area contributed by atoms with Gasteiger partial charge in [0.15, 0.2) is 0 Å². The molecule has 0 radical (unpaired) electrons. The second-order valence-electron chi connectivity index (χ2n) is 9.94. The van der Waals surface area contributed by atoms with Gasteiger partial charge in [-0.15, -0.1) is 5.92 Å². The zero-order valence-electron chi connectivity index (χ0n) is 25.8. The second-order valence-corrected chi connectivity index (χ2v) is 12.3. The summed E-state index contributed by atoms with van der Waals surface area (Å²) in [6.45, 7) is 12.2. The van der Waals surface area contributed by atoms with E-state index >= 15 is 0 Å². The molecule has 0 aromatic rings. The monoisotopic (exact) mass is 631 g/mol. The van der Waals surface area contributed by atoms with E-state index in [0.29, 0.717) is 90.3 Å². The van der Waals surface area contributed by atoms with Gasteiger partial charge in [-0.2, -0.15) is 0 Å². The third-order valence-corrected chi connectivity index (χ3v) is 8.15. The van der Waals surface area contributed by atoms with E-state index in [0.717, 1.165) is 45.1 Å². The van der Waals surface area contributed by atoms with Crippen molar-refractivity contribution >= 4 is 33.6 Å². The summed E-state index contributed by atoms with van der Waals surface area (Å²) in [5.41, 5.74) is 0. The van der Waals surface area contributed by atoms with Crippen molar-refractivity contribution < 1.29 is 33.3 Å². The highest BCUT2D eigenvalue weighted by Crippen LogP contribution is 2.38. The van der Waals surface area contributed by atoms with Gasteiger partial charge >= 0.3 is 6.09 Å². The number of alkyl carbamates (subject to hydrolysis) is 1. The molecule has 1 aliphatic rings. The zero-order chi connectivity index (χ0) is 30.5. The van der Waals surface area contributed by atoms with Gasteiger partial charge in [0.2, 0.25) is 5.91 Å². The maximum absolute atomic E-state index is 12.3. The van der Waals surface area contributed by atoms with Crippen LogP contribution in [0.4, 0.5) is 4.79 Å². The second kappa shape index (κ2) is 28.3. The first-order valence-electron chi connectivity index (χ1n) is 15.2. The minimum atomic E-state index is -0.428. The Labute approximate surface area is 261 Å². The Hall–Kier alpha value is -1.46. The topological polar surface area (TPSA) is 116 Å². The van der Waals surface area contributed by atoms with Gasteiger partial charge < -0.3 is 39.6 Å². The molecule has 3 N–H and O–H groups in total. The number of carbonyl (C=O) groups is 2. The number of hydrogen-bond donors (Lipinski definition) is 3. The van der Waals surface area contributed by atoms with Crippen molar-refractivity contribution in [2.45, 2.75) is 71.8 Å². The molecule has 1 rings (SSSR count). The molecule has 0 spiro atoms. The van der Waals surface area contributed by atoms with Crippen LogP contribution in [0.5, 0.6) is 0 Å². The van der Waals surface area contributed by atoms with E-state index in [9.17, 15) is 9.59 Å². The lowest BCUT2D eigenvalue weighted by atomic mass is 9.91. The number of allylic oxidation sites excluding steroid dienone is 2. The van der Waals surface area contributed by atoms with Gasteiger partial charge in [0.1, 0.15) is 5.94 Å². The number of amides is 2. The average Bonchev–Trinajstić information content (AvgIpc) is 2.97. The minimum Gasteiger partial charge on any atom is -0.450 e. The third kappa shape index (κ3) is 25.1. The molecule has 242 valence electrons. The lowest BCUT2D eigenvalue weighted by Crippen LogP contribution is -2.29. The first-order valence-corrected chi connectivity index (χ1v) is 17.5. The van der Waals surface area contributed by atoms with Crippen molar-refractivity contribution in [3.05, 3.63) is 11.0 Å². The number of nitrogens with one attached hydrogen (secondary N) is 3. The van der Waals surface area contributed by atoms with Crippen LogP contribution in [0.1, 0.15) is 65.7 Å². The van der Waals surface area contributed by atoms with Crippen LogP contribution in [-0.4, -0.2) is 96.5 Å². The predicted molar refractivity (Wildman–Crippen MR) is 171 cm³/mol. The van der Waals surface area contributed by atoms with Crippen LogP contribution >= 0.6 is 21.6 Å². The Morgan fingerprint density at radius 1 is 0.929 bits per heavy atom. The molecule has 0 saturated heterocycles. The fourth-order valence-electron chi connectivity index (χ4n) is 3.70. The first kappa shape index (κ1) is 38.6. The Balaban J connectivity index is 1.88. The van der Waals surface area contributed by atoms with Gasteiger partial charge in [-0.05, 0) is 42.9 Å². The van der Waals surface area contributed by atoms with Gasteiger partial charge in [-0.1, -0.05) is 54.4 Å². The van der Waals surface area contributed by atoms with E-state index in [1.165, 1.54) is 4.91 Å². The highest BCUT2D eigenvalue weighted by atomic mass is 33.1. The number of rotatable bonds is 25. The summed E-state index contributed by atoms with van der Waals surface area (Å²) in [4.78, 5) is 25.1. The zero-order valence-corrected chi connectivity index (χ0v) is 27.5. The van der Waals surface area contributed by atoms with Crippen molar-refractivity contribution in [2.75, 3.05) is 78.4 Å². The number of hydrogen-bond acceptors (Lipinski definition) is 10. The van der Waals surface area contributed by atoms with Gasteiger partial charge in [0.05, 0.1) is 52.8 Å². The van der Waals surface area contributed by atoms with E-state index < -0.39 is 6.09 Å². The summed E-state index contributed by atoms with van der Waals surface area (Å²) in [5, 5.41) is 8.85. The molecule has 0 fully saturated rings. The molecule has 1 unspecified atom stereocenters. The lowest BCUT2D eigenvalue weighted by Gasteiger charge is -2.21. The first-order chi connectivity index (χ1) is 20.5. The smallest absolute Gasteiger partial charge is 0.407 e. The Kier molecular flexibility index (Phi) is 26.0. The molecule has 2 amide bonds. The molecule has 0 heterocycles. The van der Waals surface area contributed by atoms with Gasteiger partial charge in [-0.3, -0.25) is 4.79 Å². The summed E-state index contributed by atoms with van der Waals surface area (Å²) in [6.07, 6.45) is 7.72. The molecule has 0 aromatic heterocycles. The van der Waals surface area contributed by atoms with E-state index in [2.05, 4.69) is 47.7 Å². The third-order valence-electron chi connectivity index (χ3n) is 5.90. The fourth-order valence-corrected chi connectivity index (χ4v) is 5.71. The molecule has 1 atom stereocenters. The van der Waals surface area contributed by atoms with Gasteiger partial charge in [-0.25, -0.2) is 4.79 Å². The molecular weight excluding hydrogens is 578 g/mol. The average molecular weight is 632 g/mol. The van der Waals surface area contributed by atoms with Crippen LogP contribution < -0.4 is 16.0 Å². The molecule has 42 heavy (non-hydrogen) atoms. The summed E-state index contributed by atoms with van der Waals surface area (Å²) in [6, 6.07) is 0.473. The van der Waals surface area contributed by atoms with Crippen molar-refractivity contribution in [2.24, 2.45) is 5.92 Å². The van der Waals surface area contributed by atoms with Crippen LogP contribution in [0.25, 0.3) is 0 Å². The van der Waals surface area contributed by atoms with Crippen LogP contribution in [0.3, 0.4) is 0 Å². The Bertz CT molecular complexity index is 791.